The summed E-state index contributed by atoms with van der Waals surface area (Å²) in [5.41, 5.74) is 1.90. The zero-order valence-corrected chi connectivity index (χ0v) is 20.2. The van der Waals surface area contributed by atoms with Crippen LogP contribution in [0.1, 0.15) is 37.9 Å². The van der Waals surface area contributed by atoms with Gasteiger partial charge in [0.15, 0.2) is 11.5 Å². The van der Waals surface area contributed by atoms with Gasteiger partial charge >= 0.3 is 0 Å². The molecule has 1 N–H and O–H groups in total. The van der Waals surface area contributed by atoms with Gasteiger partial charge in [0.25, 0.3) is 0 Å². The molecule has 3 atom stereocenters. The highest BCUT2D eigenvalue weighted by Gasteiger charge is 2.28. The van der Waals surface area contributed by atoms with Crippen molar-refractivity contribution in [3.05, 3.63) is 35.7 Å². The Morgan fingerprint density at radius 1 is 1.29 bits per heavy atom. The van der Waals surface area contributed by atoms with E-state index in [9.17, 15) is 9.90 Å². The van der Waals surface area contributed by atoms with Crippen molar-refractivity contribution in [3.8, 4) is 11.5 Å². The molecule has 1 aromatic carbocycles. The van der Waals surface area contributed by atoms with Crippen molar-refractivity contribution in [3.63, 3.8) is 0 Å². The summed E-state index contributed by atoms with van der Waals surface area (Å²) in [7, 11) is 2.05. The summed E-state index contributed by atoms with van der Waals surface area (Å²) in [5, 5.41) is 18.1. The number of carbonyl (C=O) groups is 1. The van der Waals surface area contributed by atoms with Gasteiger partial charge in [0, 0.05) is 38.5 Å². The minimum Gasteiger partial charge on any atom is -0.454 e. The molecule has 3 heterocycles. The lowest BCUT2D eigenvalue weighted by Crippen LogP contribution is -2.47. The first-order valence-corrected chi connectivity index (χ1v) is 11.9. The van der Waals surface area contributed by atoms with Crippen molar-refractivity contribution in [2.45, 2.75) is 58.5 Å². The van der Waals surface area contributed by atoms with Gasteiger partial charge in [-0.2, -0.15) is 0 Å². The van der Waals surface area contributed by atoms with E-state index in [1.54, 1.807) is 9.58 Å². The molecule has 2 aliphatic heterocycles. The van der Waals surface area contributed by atoms with E-state index in [0.29, 0.717) is 39.1 Å². The third kappa shape index (κ3) is 6.05. The standard InChI is InChI=1S/C24H35N5O5/c1-17-10-29(18(2)14-30)24(31)5-4-8-28-12-20(25-26-28)15-32-23(17)13-27(3)11-19-6-7-21-22(9-19)34-16-33-21/h6-7,9,12,17-18,23,30H,4-5,8,10-11,13-16H2,1-3H3/t17-,18+,23-/m0/s1. The van der Waals surface area contributed by atoms with Gasteiger partial charge in [-0.15, -0.1) is 5.10 Å². The molecule has 0 saturated heterocycles. The maximum atomic E-state index is 13.0. The Hall–Kier alpha value is -2.69. The molecule has 0 saturated carbocycles. The number of aromatic nitrogens is 3. The largest absolute Gasteiger partial charge is 0.454 e. The van der Waals surface area contributed by atoms with E-state index in [-0.39, 0.29) is 37.4 Å². The summed E-state index contributed by atoms with van der Waals surface area (Å²) >= 11 is 0. The highest BCUT2D eigenvalue weighted by molar-refractivity contribution is 5.76. The Kier molecular flexibility index (Phi) is 8.02. The molecule has 2 aliphatic rings. The Bertz CT molecular complexity index is 967. The molecule has 10 heteroatoms. The molecule has 2 bridgehead atoms. The van der Waals surface area contributed by atoms with Crippen LogP contribution in [0.3, 0.4) is 0 Å². The second kappa shape index (κ2) is 11.2. The van der Waals surface area contributed by atoms with E-state index in [2.05, 4.69) is 29.2 Å². The summed E-state index contributed by atoms with van der Waals surface area (Å²) in [5.74, 6) is 1.63. The first-order chi connectivity index (χ1) is 16.4. The fraction of sp³-hybridized carbons (Fsp3) is 0.625. The molecule has 0 spiro atoms. The third-order valence-electron chi connectivity index (χ3n) is 6.43. The molecule has 1 aromatic heterocycles. The van der Waals surface area contributed by atoms with Crippen molar-refractivity contribution < 1.29 is 24.1 Å². The number of ether oxygens (including phenoxy) is 3. The van der Waals surface area contributed by atoms with Crippen LogP contribution in [0.25, 0.3) is 0 Å². The molecule has 10 nitrogen and oxygen atoms in total. The maximum Gasteiger partial charge on any atom is 0.231 e. The smallest absolute Gasteiger partial charge is 0.231 e. The van der Waals surface area contributed by atoms with Crippen LogP contribution in [0.5, 0.6) is 11.5 Å². The zero-order chi connectivity index (χ0) is 24.1. The molecule has 0 unspecified atom stereocenters. The number of likely N-dealkylation sites (N-methyl/N-ethyl adjacent to an activating group) is 1. The molecule has 2 aromatic rings. The second-order valence-corrected chi connectivity index (χ2v) is 9.37. The van der Waals surface area contributed by atoms with Crippen molar-refractivity contribution in [2.75, 3.05) is 33.5 Å². The van der Waals surface area contributed by atoms with Crippen molar-refractivity contribution in [1.82, 2.24) is 24.8 Å². The van der Waals surface area contributed by atoms with Crippen molar-refractivity contribution in [2.24, 2.45) is 5.92 Å². The maximum absolute atomic E-state index is 13.0. The zero-order valence-electron chi connectivity index (χ0n) is 20.2. The number of hydrogen-bond donors (Lipinski definition) is 1. The fourth-order valence-electron chi connectivity index (χ4n) is 4.42. The minimum absolute atomic E-state index is 0.0421. The number of aliphatic hydroxyl groups is 1. The molecule has 186 valence electrons. The third-order valence-corrected chi connectivity index (χ3v) is 6.43. The van der Waals surface area contributed by atoms with Crippen LogP contribution < -0.4 is 9.47 Å². The summed E-state index contributed by atoms with van der Waals surface area (Å²) in [6, 6.07) is 5.74. The van der Waals surface area contributed by atoms with Crippen LogP contribution in [0.2, 0.25) is 0 Å². The number of rotatable bonds is 6. The van der Waals surface area contributed by atoms with Gasteiger partial charge in [0.1, 0.15) is 5.69 Å². The van der Waals surface area contributed by atoms with Crippen LogP contribution in [0, 0.1) is 5.92 Å². The van der Waals surface area contributed by atoms with Gasteiger partial charge in [0.05, 0.1) is 31.6 Å². The van der Waals surface area contributed by atoms with Gasteiger partial charge in [-0.25, -0.2) is 0 Å². The van der Waals surface area contributed by atoms with Gasteiger partial charge in [-0.1, -0.05) is 18.2 Å². The first kappa shape index (κ1) is 24.4. The van der Waals surface area contributed by atoms with Crippen LogP contribution in [0.4, 0.5) is 0 Å². The Balaban J connectivity index is 1.48. The van der Waals surface area contributed by atoms with E-state index >= 15 is 0 Å². The summed E-state index contributed by atoms with van der Waals surface area (Å²) in [6.07, 6.45) is 2.81. The predicted octanol–water partition coefficient (Wildman–Crippen LogP) is 1.66. The Morgan fingerprint density at radius 3 is 2.94 bits per heavy atom. The first-order valence-electron chi connectivity index (χ1n) is 11.9. The average molecular weight is 474 g/mol. The van der Waals surface area contributed by atoms with Gasteiger partial charge < -0.3 is 24.2 Å². The number of fused-ring (bicyclic) bond motifs is 3. The molecule has 0 aliphatic carbocycles. The lowest BCUT2D eigenvalue weighted by molar-refractivity contribution is -0.136. The molecule has 1 amide bonds. The predicted molar refractivity (Wildman–Crippen MR) is 124 cm³/mol. The average Bonchev–Trinajstić information content (AvgIpc) is 3.48. The minimum atomic E-state index is -0.246. The molecule has 0 fully saturated rings. The van der Waals surface area contributed by atoms with E-state index in [4.69, 9.17) is 14.2 Å². The normalized spacial score (nSPS) is 22.3. The van der Waals surface area contributed by atoms with Crippen LogP contribution in [-0.4, -0.2) is 81.5 Å². The van der Waals surface area contributed by atoms with E-state index < -0.39 is 0 Å². The molecule has 34 heavy (non-hydrogen) atoms. The topological polar surface area (TPSA) is 102 Å². The quantitative estimate of drug-likeness (QED) is 0.676. The summed E-state index contributed by atoms with van der Waals surface area (Å²) < 4.78 is 19.0. The fourth-order valence-corrected chi connectivity index (χ4v) is 4.42. The van der Waals surface area contributed by atoms with E-state index in [1.165, 1.54) is 0 Å². The Morgan fingerprint density at radius 2 is 2.12 bits per heavy atom. The number of carbonyl (C=O) groups excluding carboxylic acids is 1. The van der Waals surface area contributed by atoms with Gasteiger partial charge in [-0.05, 0) is 38.1 Å². The highest BCUT2D eigenvalue weighted by atomic mass is 16.7. The van der Waals surface area contributed by atoms with Crippen LogP contribution >= 0.6 is 0 Å². The second-order valence-electron chi connectivity index (χ2n) is 9.37. The van der Waals surface area contributed by atoms with E-state index in [0.717, 1.165) is 29.3 Å². The lowest BCUT2D eigenvalue weighted by Gasteiger charge is -2.35. The van der Waals surface area contributed by atoms with E-state index in [1.807, 2.05) is 31.3 Å². The SMILES string of the molecule is C[C@H](CO)N1C[C@H](C)[C@H](CN(C)Cc2ccc3c(c2)OCO3)OCc2cn(nn2)CCCC1=O. The molecule has 4 rings (SSSR count). The number of amides is 1. The summed E-state index contributed by atoms with van der Waals surface area (Å²) in [4.78, 5) is 17.0. The van der Waals surface area contributed by atoms with Gasteiger partial charge in [0.2, 0.25) is 12.7 Å². The van der Waals surface area contributed by atoms with Crippen LogP contribution in [0.15, 0.2) is 24.4 Å². The van der Waals surface area contributed by atoms with Crippen molar-refractivity contribution in [1.29, 1.82) is 0 Å². The molecular formula is C24H35N5O5. The lowest BCUT2D eigenvalue weighted by atomic mass is 10.0. The molecule has 0 radical (unpaired) electrons. The highest BCUT2D eigenvalue weighted by Crippen LogP contribution is 2.32. The monoisotopic (exact) mass is 473 g/mol. The number of aryl methyl sites for hydroxylation is 1. The number of nitrogens with zero attached hydrogens (tertiary/aromatic N) is 5. The summed E-state index contributed by atoms with van der Waals surface area (Å²) in [6.45, 7) is 7.05. The van der Waals surface area contributed by atoms with Crippen LogP contribution in [-0.2, 0) is 29.2 Å². The number of aliphatic hydroxyl groups excluding tert-OH is 1. The Labute approximate surface area is 200 Å². The number of hydrogen-bond acceptors (Lipinski definition) is 8. The van der Waals surface area contributed by atoms with Crippen molar-refractivity contribution >= 4 is 5.91 Å². The van der Waals surface area contributed by atoms with Gasteiger partial charge in [-0.3, -0.25) is 14.4 Å². The molecular weight excluding hydrogens is 438 g/mol. The number of benzene rings is 1.